The number of nitrogens with one attached hydrogen (secondary N) is 2. The molecule has 0 aliphatic heterocycles. The summed E-state index contributed by atoms with van der Waals surface area (Å²) in [5, 5.41) is 21.2. The van der Waals surface area contributed by atoms with Crippen LogP contribution in [0.25, 0.3) is 10.9 Å². The lowest BCUT2D eigenvalue weighted by atomic mass is 10.0. The van der Waals surface area contributed by atoms with Gasteiger partial charge in [-0.15, -0.1) is 0 Å². The number of H-pyrrole nitrogens is 1. The number of fused-ring (bicyclic) bond motifs is 1. The second kappa shape index (κ2) is 7.27. The minimum absolute atomic E-state index is 0.135. The first-order chi connectivity index (χ1) is 11.6. The third-order valence-electron chi connectivity index (χ3n) is 4.13. The van der Waals surface area contributed by atoms with E-state index in [1.165, 1.54) is 0 Å². The normalized spacial score (nSPS) is 13.6. The van der Waals surface area contributed by atoms with Crippen molar-refractivity contribution in [3.63, 3.8) is 0 Å². The second-order valence-corrected chi connectivity index (χ2v) is 6.01. The van der Waals surface area contributed by atoms with E-state index in [9.17, 15) is 9.90 Å². The predicted octanol–water partition coefficient (Wildman–Crippen LogP) is 2.21. The van der Waals surface area contributed by atoms with Crippen molar-refractivity contribution >= 4 is 16.8 Å². The van der Waals surface area contributed by atoms with Crippen molar-refractivity contribution in [2.45, 2.75) is 31.9 Å². The fourth-order valence-electron chi connectivity index (χ4n) is 2.74. The van der Waals surface area contributed by atoms with E-state index in [4.69, 9.17) is 0 Å². The summed E-state index contributed by atoms with van der Waals surface area (Å²) in [5.41, 5.74) is 2.68. The number of hydrogen-bond acceptors (Lipinski definition) is 3. The van der Waals surface area contributed by atoms with E-state index in [-0.39, 0.29) is 18.4 Å². The van der Waals surface area contributed by atoms with Crippen LogP contribution in [-0.4, -0.2) is 33.4 Å². The van der Waals surface area contributed by atoms with Gasteiger partial charge in [0, 0.05) is 11.8 Å². The smallest absolute Gasteiger partial charge is 0.226 e. The Morgan fingerprint density at radius 3 is 2.67 bits per heavy atom. The molecule has 0 radical (unpaired) electrons. The predicted molar refractivity (Wildman–Crippen MR) is 93.6 cm³/mol. The third-order valence-corrected chi connectivity index (χ3v) is 4.13. The number of para-hydroxylation sites is 1. The van der Waals surface area contributed by atoms with Crippen molar-refractivity contribution in [2.75, 3.05) is 0 Å². The van der Waals surface area contributed by atoms with Gasteiger partial charge < -0.3 is 10.4 Å². The molecule has 0 aliphatic carbocycles. The number of carbonyl (C=O) groups excluding carboxylic acids is 1. The molecule has 3 N–H and O–H groups in total. The van der Waals surface area contributed by atoms with E-state index in [1.54, 1.807) is 0 Å². The molecule has 2 aromatic carbocycles. The number of aliphatic hydroxyl groups is 1. The van der Waals surface area contributed by atoms with Crippen LogP contribution in [0, 0.1) is 0 Å². The Hall–Kier alpha value is -2.66. The summed E-state index contributed by atoms with van der Waals surface area (Å²) >= 11 is 0. The van der Waals surface area contributed by atoms with Crippen LogP contribution in [0.1, 0.15) is 18.2 Å². The van der Waals surface area contributed by atoms with Crippen LogP contribution in [0.5, 0.6) is 0 Å². The van der Waals surface area contributed by atoms with Gasteiger partial charge in [0.1, 0.15) is 0 Å². The van der Waals surface area contributed by atoms with Gasteiger partial charge in [-0.05, 0) is 18.6 Å². The van der Waals surface area contributed by atoms with E-state index < -0.39 is 6.10 Å². The molecule has 24 heavy (non-hydrogen) atoms. The van der Waals surface area contributed by atoms with Crippen LogP contribution >= 0.6 is 0 Å². The molecule has 5 nitrogen and oxygen atoms in total. The highest BCUT2D eigenvalue weighted by Crippen LogP contribution is 2.15. The van der Waals surface area contributed by atoms with Gasteiger partial charge in [0.2, 0.25) is 5.91 Å². The maximum absolute atomic E-state index is 12.3. The molecule has 5 heteroatoms. The number of amides is 1. The molecular formula is C19H21N3O2. The molecule has 2 unspecified atom stereocenters. The topological polar surface area (TPSA) is 78.0 Å². The Kier molecular flexibility index (Phi) is 4.91. The molecule has 0 fully saturated rings. The average Bonchev–Trinajstić information content (AvgIpc) is 2.99. The van der Waals surface area contributed by atoms with Gasteiger partial charge >= 0.3 is 0 Å². The number of aliphatic hydroxyl groups excluding tert-OH is 1. The highest BCUT2D eigenvalue weighted by molar-refractivity contribution is 5.87. The largest absolute Gasteiger partial charge is 0.391 e. The van der Waals surface area contributed by atoms with Crippen molar-refractivity contribution in [2.24, 2.45) is 0 Å². The molecule has 0 saturated carbocycles. The van der Waals surface area contributed by atoms with Crippen LogP contribution in [0.3, 0.4) is 0 Å². The van der Waals surface area contributed by atoms with Crippen molar-refractivity contribution in [1.82, 2.24) is 15.5 Å². The van der Waals surface area contributed by atoms with Crippen molar-refractivity contribution in [1.29, 1.82) is 0 Å². The van der Waals surface area contributed by atoms with E-state index in [0.29, 0.717) is 6.42 Å². The van der Waals surface area contributed by atoms with Crippen molar-refractivity contribution < 1.29 is 9.90 Å². The highest BCUT2D eigenvalue weighted by Gasteiger charge is 2.18. The number of aromatic amines is 1. The fourth-order valence-corrected chi connectivity index (χ4v) is 2.74. The first-order valence-electron chi connectivity index (χ1n) is 8.07. The molecule has 0 spiro atoms. The number of benzene rings is 2. The third kappa shape index (κ3) is 3.81. The van der Waals surface area contributed by atoms with Gasteiger partial charge in [0.15, 0.2) is 0 Å². The van der Waals surface area contributed by atoms with E-state index >= 15 is 0 Å². The van der Waals surface area contributed by atoms with Gasteiger partial charge in [0.25, 0.3) is 0 Å². The lowest BCUT2D eigenvalue weighted by molar-refractivity contribution is -0.121. The Labute approximate surface area is 140 Å². The molecular weight excluding hydrogens is 302 g/mol. The SMILES string of the molecule is CC(NC(=O)Cc1[nH]nc2ccccc12)C(O)Cc1ccccc1. The highest BCUT2D eigenvalue weighted by atomic mass is 16.3. The minimum Gasteiger partial charge on any atom is -0.391 e. The zero-order chi connectivity index (χ0) is 16.9. The summed E-state index contributed by atoms with van der Waals surface area (Å²) in [6.07, 6.45) is 0.0907. The summed E-state index contributed by atoms with van der Waals surface area (Å²) in [6, 6.07) is 17.1. The van der Waals surface area contributed by atoms with E-state index in [0.717, 1.165) is 22.2 Å². The Morgan fingerprint density at radius 2 is 1.88 bits per heavy atom. The molecule has 1 amide bonds. The summed E-state index contributed by atoms with van der Waals surface area (Å²) in [5.74, 6) is -0.135. The number of nitrogens with zero attached hydrogens (tertiary/aromatic N) is 1. The number of carbonyl (C=O) groups is 1. The van der Waals surface area contributed by atoms with Crippen LogP contribution in [0.4, 0.5) is 0 Å². The van der Waals surface area contributed by atoms with E-state index in [2.05, 4.69) is 15.5 Å². The average molecular weight is 323 g/mol. The fraction of sp³-hybridized carbons (Fsp3) is 0.263. The molecule has 124 valence electrons. The summed E-state index contributed by atoms with van der Waals surface area (Å²) < 4.78 is 0. The first kappa shape index (κ1) is 16.2. The molecule has 0 aliphatic rings. The molecule has 0 bridgehead atoms. The number of aromatic nitrogens is 2. The molecule has 1 heterocycles. The van der Waals surface area contributed by atoms with Crippen LogP contribution < -0.4 is 5.32 Å². The minimum atomic E-state index is -0.630. The van der Waals surface area contributed by atoms with Gasteiger partial charge in [0.05, 0.1) is 29.8 Å². The standard InChI is InChI=1S/C19H21N3O2/c1-13(18(23)11-14-7-3-2-4-8-14)20-19(24)12-17-15-9-5-6-10-16(15)21-22-17/h2-10,13,18,23H,11-12H2,1H3,(H,20,24)(H,21,22). The monoisotopic (exact) mass is 323 g/mol. The summed E-state index contributed by atoms with van der Waals surface area (Å²) in [4.78, 5) is 12.3. The molecule has 1 aromatic heterocycles. The lowest BCUT2D eigenvalue weighted by Crippen LogP contribution is -2.42. The Morgan fingerprint density at radius 1 is 1.17 bits per heavy atom. The Bertz CT molecular complexity index is 814. The lowest BCUT2D eigenvalue weighted by Gasteiger charge is -2.20. The second-order valence-electron chi connectivity index (χ2n) is 6.01. The molecule has 3 rings (SSSR count). The maximum atomic E-state index is 12.3. The van der Waals surface area contributed by atoms with Gasteiger partial charge in [-0.2, -0.15) is 5.10 Å². The van der Waals surface area contributed by atoms with Gasteiger partial charge in [-0.3, -0.25) is 9.89 Å². The zero-order valence-electron chi connectivity index (χ0n) is 13.6. The van der Waals surface area contributed by atoms with Crippen LogP contribution in [-0.2, 0) is 17.6 Å². The quantitative estimate of drug-likeness (QED) is 0.651. The maximum Gasteiger partial charge on any atom is 0.226 e. The Balaban J connectivity index is 1.58. The summed E-state index contributed by atoms with van der Waals surface area (Å²) in [7, 11) is 0. The zero-order valence-corrected chi connectivity index (χ0v) is 13.6. The summed E-state index contributed by atoms with van der Waals surface area (Å²) in [6.45, 7) is 1.82. The molecule has 0 saturated heterocycles. The first-order valence-corrected chi connectivity index (χ1v) is 8.07. The van der Waals surface area contributed by atoms with Gasteiger partial charge in [-0.25, -0.2) is 0 Å². The van der Waals surface area contributed by atoms with Crippen LogP contribution in [0.15, 0.2) is 54.6 Å². The van der Waals surface area contributed by atoms with E-state index in [1.807, 2.05) is 61.5 Å². The number of rotatable bonds is 6. The van der Waals surface area contributed by atoms with Crippen LogP contribution in [0.2, 0.25) is 0 Å². The number of hydrogen-bond donors (Lipinski definition) is 3. The molecule has 2 atom stereocenters. The van der Waals surface area contributed by atoms with Crippen molar-refractivity contribution in [3.05, 3.63) is 65.9 Å². The van der Waals surface area contributed by atoms with Crippen molar-refractivity contribution in [3.8, 4) is 0 Å². The molecule has 3 aromatic rings. The van der Waals surface area contributed by atoms with Gasteiger partial charge in [-0.1, -0.05) is 48.5 Å².